The molecule has 4 heterocycles. The van der Waals surface area contributed by atoms with E-state index in [0.29, 0.717) is 56.3 Å². The maximum atomic E-state index is 12.4. The molecule has 0 bridgehead atoms. The number of esters is 2. The molecule has 2 fully saturated rings. The first-order valence-corrected chi connectivity index (χ1v) is 18.5. The van der Waals surface area contributed by atoms with Crippen LogP contribution in [0.3, 0.4) is 0 Å². The number of nitrogens with zero attached hydrogens (tertiary/aromatic N) is 6. The third-order valence-corrected chi connectivity index (χ3v) is 9.53. The molecule has 0 atom stereocenters. The lowest BCUT2D eigenvalue weighted by molar-refractivity contribution is 0.0178. The number of carbonyl (C=O) groups excluding carboxylic acids is 3. The van der Waals surface area contributed by atoms with E-state index in [1.807, 2.05) is 80.8 Å². The highest BCUT2D eigenvalue weighted by Crippen LogP contribution is 2.26. The number of hydrogen-bond acceptors (Lipinski definition) is 9. The van der Waals surface area contributed by atoms with Crippen molar-refractivity contribution in [3.63, 3.8) is 0 Å². The third-order valence-electron chi connectivity index (χ3n) is 9.53. The summed E-state index contributed by atoms with van der Waals surface area (Å²) in [5.74, 6) is 0.997. The summed E-state index contributed by atoms with van der Waals surface area (Å²) < 4.78 is 19.9. The van der Waals surface area contributed by atoms with Gasteiger partial charge in [0.15, 0.2) is 0 Å². The minimum atomic E-state index is -0.488. The molecule has 2 aliphatic rings. The van der Waals surface area contributed by atoms with Crippen LogP contribution in [0.4, 0.5) is 4.79 Å². The van der Waals surface area contributed by atoms with Gasteiger partial charge in [-0.05, 0) is 116 Å². The minimum Gasteiger partial charge on any atom is -0.460 e. The number of aromatic nitrogens is 4. The van der Waals surface area contributed by atoms with Crippen molar-refractivity contribution in [2.24, 2.45) is 11.8 Å². The van der Waals surface area contributed by atoms with Crippen LogP contribution >= 0.6 is 0 Å². The van der Waals surface area contributed by atoms with Crippen LogP contribution < -0.4 is 0 Å². The van der Waals surface area contributed by atoms with Crippen molar-refractivity contribution in [1.29, 1.82) is 0 Å². The van der Waals surface area contributed by atoms with Crippen molar-refractivity contribution in [2.75, 3.05) is 45.9 Å². The number of piperidine rings is 2. The van der Waals surface area contributed by atoms with Crippen LogP contribution in [0.2, 0.25) is 0 Å². The van der Waals surface area contributed by atoms with E-state index in [1.165, 1.54) is 12.8 Å². The van der Waals surface area contributed by atoms with Gasteiger partial charge in [0.1, 0.15) is 5.60 Å². The normalized spacial score (nSPS) is 16.2. The quantitative estimate of drug-likeness (QED) is 0.137. The molecule has 0 unspecified atom stereocenters. The lowest BCUT2D eigenvalue weighted by atomic mass is 9.96. The second-order valence-electron chi connectivity index (χ2n) is 14.3. The van der Waals surface area contributed by atoms with Crippen LogP contribution in [-0.4, -0.2) is 98.5 Å². The van der Waals surface area contributed by atoms with E-state index in [0.717, 1.165) is 61.1 Å². The number of ether oxygens (including phenoxy) is 3. The number of para-hydroxylation sites is 4. The number of amides is 1. The number of likely N-dealkylation sites (tertiary alicyclic amines) is 2. The molecule has 2 aliphatic heterocycles. The van der Waals surface area contributed by atoms with Gasteiger partial charge in [-0.25, -0.2) is 24.4 Å². The van der Waals surface area contributed by atoms with Crippen molar-refractivity contribution in [3.8, 4) is 0 Å². The molecule has 12 nitrogen and oxygen atoms in total. The molecule has 1 amide bonds. The average Bonchev–Trinajstić information content (AvgIpc) is 3.67. The van der Waals surface area contributed by atoms with E-state index in [2.05, 4.69) is 26.4 Å². The monoisotopic (exact) mass is 702 g/mol. The summed E-state index contributed by atoms with van der Waals surface area (Å²) in [5.41, 5.74) is 3.12. The number of rotatable bonds is 9. The minimum absolute atomic E-state index is 0.258. The SMILES string of the molecule is CCOC(=O)c1nc2ccccc2n1CC1CCN(C(=O)OC(C)(C)C)CC1.CCOC(=O)c1nc2ccccc2n1CC1CCN(CC)CC1. The van der Waals surface area contributed by atoms with E-state index in [-0.39, 0.29) is 12.1 Å². The van der Waals surface area contributed by atoms with Gasteiger partial charge in [0.05, 0.1) is 35.3 Å². The lowest BCUT2D eigenvalue weighted by Gasteiger charge is -2.33. The molecule has 2 aromatic heterocycles. The number of carbonyl (C=O) groups is 3. The predicted octanol–water partition coefficient (Wildman–Crippen LogP) is 6.81. The van der Waals surface area contributed by atoms with Gasteiger partial charge in [-0.15, -0.1) is 0 Å². The maximum absolute atomic E-state index is 12.4. The molecular formula is C39H54N6O6. The van der Waals surface area contributed by atoms with Crippen LogP contribution in [0, 0.1) is 11.8 Å². The zero-order chi connectivity index (χ0) is 36.5. The summed E-state index contributed by atoms with van der Waals surface area (Å²) in [6.07, 6.45) is 3.79. The molecule has 276 valence electrons. The Balaban J connectivity index is 0.000000201. The first-order chi connectivity index (χ1) is 24.5. The summed E-state index contributed by atoms with van der Waals surface area (Å²) in [4.78, 5) is 50.1. The summed E-state index contributed by atoms with van der Waals surface area (Å²) in [7, 11) is 0. The fraction of sp³-hybridized carbons (Fsp3) is 0.564. The highest BCUT2D eigenvalue weighted by atomic mass is 16.6. The largest absolute Gasteiger partial charge is 0.460 e. The Bertz CT molecular complexity index is 1780. The molecule has 0 aliphatic carbocycles. The van der Waals surface area contributed by atoms with Gasteiger partial charge in [0.2, 0.25) is 11.6 Å². The van der Waals surface area contributed by atoms with E-state index in [4.69, 9.17) is 14.2 Å². The van der Waals surface area contributed by atoms with Gasteiger partial charge in [0, 0.05) is 26.2 Å². The van der Waals surface area contributed by atoms with Crippen molar-refractivity contribution in [1.82, 2.24) is 28.9 Å². The molecule has 12 heteroatoms. The fourth-order valence-electron chi connectivity index (χ4n) is 6.85. The average molecular weight is 703 g/mol. The molecular weight excluding hydrogens is 648 g/mol. The van der Waals surface area contributed by atoms with Crippen LogP contribution in [-0.2, 0) is 27.3 Å². The third kappa shape index (κ3) is 9.66. The molecule has 0 N–H and O–H groups in total. The van der Waals surface area contributed by atoms with E-state index in [9.17, 15) is 14.4 Å². The molecule has 0 spiro atoms. The molecule has 2 aromatic carbocycles. The smallest absolute Gasteiger partial charge is 0.410 e. The maximum Gasteiger partial charge on any atom is 0.410 e. The second-order valence-corrected chi connectivity index (χ2v) is 14.3. The van der Waals surface area contributed by atoms with Crippen molar-refractivity contribution >= 4 is 40.1 Å². The first kappa shape index (κ1) is 37.8. The molecule has 51 heavy (non-hydrogen) atoms. The van der Waals surface area contributed by atoms with Crippen LogP contribution in [0.1, 0.15) is 88.5 Å². The Morgan fingerprint density at radius 3 is 1.53 bits per heavy atom. The van der Waals surface area contributed by atoms with E-state index >= 15 is 0 Å². The van der Waals surface area contributed by atoms with E-state index < -0.39 is 11.6 Å². The van der Waals surface area contributed by atoms with Gasteiger partial charge < -0.3 is 33.1 Å². The van der Waals surface area contributed by atoms with Gasteiger partial charge in [-0.1, -0.05) is 31.2 Å². The van der Waals surface area contributed by atoms with Gasteiger partial charge in [-0.2, -0.15) is 0 Å². The van der Waals surface area contributed by atoms with Crippen LogP contribution in [0.15, 0.2) is 48.5 Å². The van der Waals surface area contributed by atoms with Gasteiger partial charge in [-0.3, -0.25) is 0 Å². The number of benzene rings is 2. The number of imidazole rings is 2. The van der Waals surface area contributed by atoms with E-state index in [1.54, 1.807) is 11.8 Å². The Morgan fingerprint density at radius 2 is 1.12 bits per heavy atom. The predicted molar refractivity (Wildman–Crippen MR) is 197 cm³/mol. The van der Waals surface area contributed by atoms with Gasteiger partial charge in [0.25, 0.3) is 0 Å². The summed E-state index contributed by atoms with van der Waals surface area (Å²) >= 11 is 0. The zero-order valence-corrected chi connectivity index (χ0v) is 31.1. The Morgan fingerprint density at radius 1 is 0.686 bits per heavy atom. The highest BCUT2D eigenvalue weighted by Gasteiger charge is 2.29. The van der Waals surface area contributed by atoms with Crippen molar-refractivity contribution in [3.05, 3.63) is 60.2 Å². The summed E-state index contributed by atoms with van der Waals surface area (Å²) in [6.45, 7) is 18.4. The van der Waals surface area contributed by atoms with Crippen LogP contribution in [0.5, 0.6) is 0 Å². The molecule has 0 radical (unpaired) electrons. The zero-order valence-electron chi connectivity index (χ0n) is 31.1. The Labute approximate surface area is 301 Å². The summed E-state index contributed by atoms with van der Waals surface area (Å²) in [5, 5.41) is 0. The molecule has 6 rings (SSSR count). The van der Waals surface area contributed by atoms with Crippen molar-refractivity contribution < 1.29 is 28.6 Å². The molecule has 0 saturated carbocycles. The van der Waals surface area contributed by atoms with Crippen molar-refractivity contribution in [2.45, 2.75) is 85.9 Å². The lowest BCUT2D eigenvalue weighted by Crippen LogP contribution is -2.42. The molecule has 4 aromatic rings. The first-order valence-electron chi connectivity index (χ1n) is 18.5. The summed E-state index contributed by atoms with van der Waals surface area (Å²) in [6, 6.07) is 15.7. The number of fused-ring (bicyclic) bond motifs is 2. The standard InChI is InChI=1S/C21H29N3O4.C18H25N3O2/c1-5-27-19(25)18-22-16-8-6-7-9-17(16)24(18)14-15-10-12-23(13-11-15)20(26)28-21(2,3)4;1-3-20-11-9-14(10-12-20)13-21-16-8-6-5-7-15(16)19-17(21)18(22)23-4-2/h6-9,15H,5,10-14H2,1-4H3;5-8,14H,3-4,9-13H2,1-2H3. The topological polar surface area (TPSA) is 121 Å². The van der Waals surface area contributed by atoms with Gasteiger partial charge >= 0.3 is 18.0 Å². The Kier molecular flexibility index (Phi) is 12.7. The highest BCUT2D eigenvalue weighted by molar-refractivity contribution is 5.92. The second kappa shape index (κ2) is 17.2. The molecule has 2 saturated heterocycles. The Hall–Kier alpha value is -4.45. The van der Waals surface area contributed by atoms with Crippen LogP contribution in [0.25, 0.3) is 22.1 Å². The fourth-order valence-corrected chi connectivity index (χ4v) is 6.85. The number of hydrogen-bond donors (Lipinski definition) is 0.